The van der Waals surface area contributed by atoms with E-state index in [1.165, 1.54) is 5.56 Å². The summed E-state index contributed by atoms with van der Waals surface area (Å²) in [5, 5.41) is 0. The number of aryl methyl sites for hydroxylation is 1. The molecular formula is C15H18O4. The van der Waals surface area contributed by atoms with Crippen molar-refractivity contribution in [3.63, 3.8) is 0 Å². The number of ketones is 1. The maximum Gasteiger partial charge on any atom is 0.347 e. The van der Waals surface area contributed by atoms with Crippen LogP contribution in [0.25, 0.3) is 0 Å². The zero-order valence-electron chi connectivity index (χ0n) is 11.3. The fourth-order valence-corrected chi connectivity index (χ4v) is 2.30. The first-order valence-electron chi connectivity index (χ1n) is 6.52. The molecule has 4 heteroatoms. The summed E-state index contributed by atoms with van der Waals surface area (Å²) in [5.41, 5.74) is 2.00. The van der Waals surface area contributed by atoms with Gasteiger partial charge in [-0.15, -0.1) is 0 Å². The molecule has 19 heavy (non-hydrogen) atoms. The Kier molecular flexibility index (Phi) is 2.96. The van der Waals surface area contributed by atoms with Gasteiger partial charge in [-0.1, -0.05) is 36.8 Å². The molecule has 4 nitrogen and oxygen atoms in total. The van der Waals surface area contributed by atoms with Crippen LogP contribution in [0.5, 0.6) is 0 Å². The number of ether oxygens (including phenoxy) is 3. The van der Waals surface area contributed by atoms with Crippen molar-refractivity contribution in [2.24, 2.45) is 5.41 Å². The van der Waals surface area contributed by atoms with Gasteiger partial charge in [-0.25, -0.2) is 0 Å². The standard InChI is InChI=1S/C15H18O4/c1-11-3-5-12(6-4-11)7-13(16)15-17-8-14(2,9-18-15)10-19-15/h3-6H,7-10H2,1-2H3. The predicted octanol–water partition coefficient (Wildman–Crippen LogP) is 1.84. The molecule has 4 rings (SSSR count). The Morgan fingerprint density at radius 2 is 1.63 bits per heavy atom. The molecule has 3 aliphatic rings. The van der Waals surface area contributed by atoms with Crippen molar-refractivity contribution in [2.75, 3.05) is 19.8 Å². The Labute approximate surface area is 112 Å². The van der Waals surface area contributed by atoms with E-state index in [0.717, 1.165) is 5.56 Å². The molecule has 3 saturated heterocycles. The maximum absolute atomic E-state index is 12.4. The lowest BCUT2D eigenvalue weighted by Gasteiger charge is -2.49. The molecule has 3 aliphatic heterocycles. The Hall–Kier alpha value is -1.23. The van der Waals surface area contributed by atoms with Crippen molar-refractivity contribution in [3.05, 3.63) is 35.4 Å². The average Bonchev–Trinajstić information content (AvgIpc) is 2.42. The van der Waals surface area contributed by atoms with Crippen LogP contribution in [0.1, 0.15) is 18.1 Å². The minimum atomic E-state index is -1.47. The van der Waals surface area contributed by atoms with Gasteiger partial charge in [0.2, 0.25) is 5.78 Å². The first-order valence-corrected chi connectivity index (χ1v) is 6.52. The van der Waals surface area contributed by atoms with Gasteiger partial charge in [0.05, 0.1) is 19.8 Å². The zero-order valence-corrected chi connectivity index (χ0v) is 11.3. The highest BCUT2D eigenvalue weighted by molar-refractivity contribution is 5.86. The van der Waals surface area contributed by atoms with Crippen LogP contribution in [0.3, 0.4) is 0 Å². The Bertz CT molecular complexity index is 467. The second-order valence-corrected chi connectivity index (χ2v) is 5.82. The quantitative estimate of drug-likeness (QED) is 0.834. The first-order chi connectivity index (χ1) is 9.01. The molecule has 0 aliphatic carbocycles. The lowest BCUT2D eigenvalue weighted by Crippen LogP contribution is -2.62. The molecule has 2 bridgehead atoms. The van der Waals surface area contributed by atoms with Crippen LogP contribution < -0.4 is 0 Å². The van der Waals surface area contributed by atoms with Gasteiger partial charge in [0, 0.05) is 11.8 Å². The van der Waals surface area contributed by atoms with E-state index in [4.69, 9.17) is 14.2 Å². The van der Waals surface area contributed by atoms with E-state index >= 15 is 0 Å². The van der Waals surface area contributed by atoms with E-state index in [9.17, 15) is 4.79 Å². The highest BCUT2D eigenvalue weighted by Gasteiger charge is 2.54. The number of hydrogen-bond donors (Lipinski definition) is 0. The first kappa shape index (κ1) is 12.8. The summed E-state index contributed by atoms with van der Waals surface area (Å²) in [6.07, 6.45) is 0.261. The van der Waals surface area contributed by atoms with Crippen LogP contribution in [0.2, 0.25) is 0 Å². The van der Waals surface area contributed by atoms with Gasteiger partial charge in [-0.05, 0) is 12.5 Å². The van der Waals surface area contributed by atoms with Gasteiger partial charge >= 0.3 is 5.97 Å². The third-order valence-corrected chi connectivity index (χ3v) is 3.66. The Morgan fingerprint density at radius 1 is 1.11 bits per heavy atom. The summed E-state index contributed by atoms with van der Waals surface area (Å²) in [6.45, 7) is 5.56. The van der Waals surface area contributed by atoms with Crippen molar-refractivity contribution < 1.29 is 19.0 Å². The maximum atomic E-state index is 12.4. The third-order valence-electron chi connectivity index (χ3n) is 3.66. The summed E-state index contributed by atoms with van der Waals surface area (Å²) in [4.78, 5) is 12.4. The molecule has 0 saturated carbocycles. The minimum Gasteiger partial charge on any atom is -0.320 e. The van der Waals surface area contributed by atoms with Gasteiger partial charge in [0.1, 0.15) is 0 Å². The van der Waals surface area contributed by atoms with Crippen molar-refractivity contribution in [2.45, 2.75) is 26.2 Å². The summed E-state index contributed by atoms with van der Waals surface area (Å²) in [5.74, 6) is -1.64. The van der Waals surface area contributed by atoms with Crippen molar-refractivity contribution >= 4 is 5.78 Å². The molecule has 0 aromatic heterocycles. The molecule has 0 unspecified atom stereocenters. The molecule has 0 atom stereocenters. The molecule has 1 aromatic carbocycles. The molecule has 0 spiro atoms. The average molecular weight is 262 g/mol. The monoisotopic (exact) mass is 262 g/mol. The summed E-state index contributed by atoms with van der Waals surface area (Å²) < 4.78 is 16.6. The summed E-state index contributed by atoms with van der Waals surface area (Å²) in [6, 6.07) is 7.86. The number of hydrogen-bond acceptors (Lipinski definition) is 4. The molecule has 0 radical (unpaired) electrons. The minimum absolute atomic E-state index is 0.119. The van der Waals surface area contributed by atoms with Crippen LogP contribution >= 0.6 is 0 Å². The highest BCUT2D eigenvalue weighted by Crippen LogP contribution is 2.38. The van der Waals surface area contributed by atoms with E-state index in [1.807, 2.05) is 38.1 Å². The number of carbonyl (C=O) groups is 1. The van der Waals surface area contributed by atoms with Crippen molar-refractivity contribution in [3.8, 4) is 0 Å². The van der Waals surface area contributed by atoms with E-state index in [2.05, 4.69) is 0 Å². The smallest absolute Gasteiger partial charge is 0.320 e. The van der Waals surface area contributed by atoms with E-state index < -0.39 is 5.97 Å². The molecule has 1 aromatic rings. The largest absolute Gasteiger partial charge is 0.347 e. The fourth-order valence-electron chi connectivity index (χ4n) is 2.30. The van der Waals surface area contributed by atoms with E-state index in [0.29, 0.717) is 19.8 Å². The number of rotatable bonds is 3. The number of benzene rings is 1. The van der Waals surface area contributed by atoms with Crippen molar-refractivity contribution in [1.29, 1.82) is 0 Å². The molecular weight excluding hydrogens is 244 g/mol. The Balaban J connectivity index is 1.72. The van der Waals surface area contributed by atoms with Gasteiger partial charge in [-0.2, -0.15) is 0 Å². The third kappa shape index (κ3) is 2.31. The van der Waals surface area contributed by atoms with Crippen LogP contribution in [-0.4, -0.2) is 31.6 Å². The number of carbonyl (C=O) groups excluding carboxylic acids is 1. The van der Waals surface area contributed by atoms with Gasteiger partial charge in [0.15, 0.2) is 0 Å². The summed E-state index contributed by atoms with van der Waals surface area (Å²) >= 11 is 0. The number of Topliss-reactive ketones (excluding diaryl/α,β-unsaturated/α-hetero) is 1. The van der Waals surface area contributed by atoms with Crippen LogP contribution in [0.4, 0.5) is 0 Å². The molecule has 0 amide bonds. The lowest BCUT2D eigenvalue weighted by atomic mass is 9.91. The topological polar surface area (TPSA) is 44.8 Å². The zero-order chi connectivity index (χ0) is 13.5. The highest BCUT2D eigenvalue weighted by atomic mass is 16.9. The molecule has 3 heterocycles. The van der Waals surface area contributed by atoms with Crippen LogP contribution in [0, 0.1) is 12.3 Å². The normalized spacial score (nSPS) is 33.4. The lowest BCUT2D eigenvalue weighted by molar-refractivity contribution is -0.439. The SMILES string of the molecule is Cc1ccc(CC(=O)C23OCC(C)(CO2)CO3)cc1. The second kappa shape index (κ2) is 4.40. The van der Waals surface area contributed by atoms with E-state index in [1.54, 1.807) is 0 Å². The van der Waals surface area contributed by atoms with Crippen molar-refractivity contribution in [1.82, 2.24) is 0 Å². The molecule has 0 N–H and O–H groups in total. The van der Waals surface area contributed by atoms with Gasteiger partial charge in [0.25, 0.3) is 0 Å². The second-order valence-electron chi connectivity index (χ2n) is 5.82. The van der Waals surface area contributed by atoms with Gasteiger partial charge in [-0.3, -0.25) is 4.79 Å². The Morgan fingerprint density at radius 3 is 2.16 bits per heavy atom. The van der Waals surface area contributed by atoms with Gasteiger partial charge < -0.3 is 14.2 Å². The molecule has 102 valence electrons. The van der Waals surface area contributed by atoms with Crippen LogP contribution in [0.15, 0.2) is 24.3 Å². The number of fused-ring (bicyclic) bond motifs is 3. The summed E-state index contributed by atoms with van der Waals surface area (Å²) in [7, 11) is 0. The van der Waals surface area contributed by atoms with E-state index in [-0.39, 0.29) is 17.6 Å². The van der Waals surface area contributed by atoms with Crippen LogP contribution in [-0.2, 0) is 25.4 Å². The predicted molar refractivity (Wildman–Crippen MR) is 68.6 cm³/mol. The molecule has 3 fully saturated rings. The fraction of sp³-hybridized carbons (Fsp3) is 0.533.